The number of fused-ring (bicyclic) bond motifs is 3. The fourth-order valence-corrected chi connectivity index (χ4v) is 4.84. The molecule has 2 amide bonds. The van der Waals surface area contributed by atoms with E-state index in [-0.39, 0.29) is 37.3 Å². The van der Waals surface area contributed by atoms with E-state index >= 15 is 0 Å². The molecule has 7 heteroatoms. The van der Waals surface area contributed by atoms with E-state index in [0.29, 0.717) is 19.3 Å². The Bertz CT molecular complexity index is 1020. The van der Waals surface area contributed by atoms with Crippen LogP contribution in [-0.2, 0) is 14.3 Å². The zero-order chi connectivity index (χ0) is 24.1. The van der Waals surface area contributed by atoms with E-state index in [1.165, 1.54) is 11.1 Å². The molecule has 2 aromatic rings. The van der Waals surface area contributed by atoms with Crippen molar-refractivity contribution in [2.24, 2.45) is 0 Å². The summed E-state index contributed by atoms with van der Waals surface area (Å²) in [5.41, 5.74) is 4.00. The quantitative estimate of drug-likeness (QED) is 0.451. The van der Waals surface area contributed by atoms with Crippen molar-refractivity contribution in [2.75, 3.05) is 6.61 Å². The molecule has 0 aromatic heterocycles. The van der Waals surface area contributed by atoms with Gasteiger partial charge in [0.1, 0.15) is 6.61 Å². The molecule has 2 aliphatic carbocycles. The highest BCUT2D eigenvalue weighted by Gasteiger charge is 2.45. The number of rotatable bonds is 11. The van der Waals surface area contributed by atoms with Gasteiger partial charge in [0.05, 0.1) is 12.0 Å². The first-order valence-electron chi connectivity index (χ1n) is 12.0. The molecule has 7 nitrogen and oxygen atoms in total. The lowest BCUT2D eigenvalue weighted by Crippen LogP contribution is -2.44. The van der Waals surface area contributed by atoms with E-state index in [1.807, 2.05) is 24.3 Å². The maximum absolute atomic E-state index is 12.7. The fourth-order valence-electron chi connectivity index (χ4n) is 4.84. The molecule has 2 aromatic carbocycles. The molecular formula is C27H32N2O5. The predicted octanol–water partition coefficient (Wildman–Crippen LogP) is 4.60. The van der Waals surface area contributed by atoms with E-state index < -0.39 is 17.6 Å². The van der Waals surface area contributed by atoms with Gasteiger partial charge in [-0.2, -0.15) is 0 Å². The number of aliphatic carboxylic acids is 1. The molecule has 180 valence electrons. The van der Waals surface area contributed by atoms with Crippen molar-refractivity contribution < 1.29 is 24.2 Å². The van der Waals surface area contributed by atoms with Crippen molar-refractivity contribution in [1.29, 1.82) is 0 Å². The van der Waals surface area contributed by atoms with Crippen LogP contribution >= 0.6 is 0 Å². The summed E-state index contributed by atoms with van der Waals surface area (Å²) in [5, 5.41) is 14.8. The Morgan fingerprint density at radius 3 is 2.24 bits per heavy atom. The molecule has 1 unspecified atom stereocenters. The van der Waals surface area contributed by atoms with Crippen LogP contribution < -0.4 is 10.6 Å². The normalized spacial score (nSPS) is 16.1. The lowest BCUT2D eigenvalue weighted by molar-refractivity contribution is -0.138. The number of alkyl carbamates (subject to hydrolysis) is 1. The number of carbonyl (C=O) groups excluding carboxylic acids is 2. The van der Waals surface area contributed by atoms with Gasteiger partial charge in [0.2, 0.25) is 5.91 Å². The van der Waals surface area contributed by atoms with Crippen molar-refractivity contribution in [3.8, 4) is 11.1 Å². The number of ether oxygens (including phenoxy) is 1. The number of nitrogens with one attached hydrogen (secondary N) is 2. The summed E-state index contributed by atoms with van der Waals surface area (Å²) in [7, 11) is 0. The number of amides is 2. The number of hydrogen-bond acceptors (Lipinski definition) is 4. The van der Waals surface area contributed by atoms with Gasteiger partial charge >= 0.3 is 12.1 Å². The van der Waals surface area contributed by atoms with E-state index in [1.54, 1.807) is 0 Å². The van der Waals surface area contributed by atoms with Gasteiger partial charge in [0.25, 0.3) is 0 Å². The van der Waals surface area contributed by atoms with Crippen LogP contribution in [0.1, 0.15) is 68.9 Å². The van der Waals surface area contributed by atoms with E-state index in [9.17, 15) is 14.4 Å². The summed E-state index contributed by atoms with van der Waals surface area (Å²) < 4.78 is 5.64. The van der Waals surface area contributed by atoms with Gasteiger partial charge in [-0.05, 0) is 41.5 Å². The number of carboxylic acid groups (broad SMARTS) is 1. The highest BCUT2D eigenvalue weighted by Crippen LogP contribution is 2.44. The summed E-state index contributed by atoms with van der Waals surface area (Å²) in [5.74, 6) is -1.18. The minimum absolute atomic E-state index is 0.0266. The second-order valence-electron chi connectivity index (χ2n) is 9.41. The van der Waals surface area contributed by atoms with Crippen LogP contribution in [0.15, 0.2) is 48.5 Å². The van der Waals surface area contributed by atoms with Crippen LogP contribution in [0, 0.1) is 0 Å². The molecule has 0 saturated heterocycles. The van der Waals surface area contributed by atoms with Gasteiger partial charge in [-0.1, -0.05) is 68.3 Å². The van der Waals surface area contributed by atoms with Crippen LogP contribution in [0.5, 0.6) is 0 Å². The molecule has 0 radical (unpaired) electrons. The van der Waals surface area contributed by atoms with Gasteiger partial charge in [0, 0.05) is 18.4 Å². The Hall–Kier alpha value is -3.35. The van der Waals surface area contributed by atoms with Gasteiger partial charge < -0.3 is 20.5 Å². The van der Waals surface area contributed by atoms with Crippen LogP contribution in [0.4, 0.5) is 4.79 Å². The second kappa shape index (κ2) is 10.3. The minimum Gasteiger partial charge on any atom is -0.481 e. The molecule has 0 aliphatic heterocycles. The SMILES string of the molecule is CCCCC(CC(=O)NC1(CC(=O)O)CC1)NC(=O)OCC1c2ccccc2-c2ccccc21. The fraction of sp³-hybridized carbons (Fsp3) is 0.444. The maximum Gasteiger partial charge on any atom is 0.407 e. The summed E-state index contributed by atoms with van der Waals surface area (Å²) in [4.78, 5) is 36.3. The van der Waals surface area contributed by atoms with Gasteiger partial charge in [0.15, 0.2) is 0 Å². The van der Waals surface area contributed by atoms with E-state index in [2.05, 4.69) is 41.8 Å². The highest BCUT2D eigenvalue weighted by atomic mass is 16.5. The monoisotopic (exact) mass is 464 g/mol. The third-order valence-electron chi connectivity index (χ3n) is 6.75. The number of hydrogen-bond donors (Lipinski definition) is 3. The molecule has 1 atom stereocenters. The van der Waals surface area contributed by atoms with Crippen molar-refractivity contribution in [2.45, 2.75) is 69.4 Å². The molecule has 0 spiro atoms. The van der Waals surface area contributed by atoms with Gasteiger partial charge in [-0.3, -0.25) is 9.59 Å². The smallest absolute Gasteiger partial charge is 0.407 e. The van der Waals surface area contributed by atoms with Gasteiger partial charge in [-0.15, -0.1) is 0 Å². The van der Waals surface area contributed by atoms with Crippen molar-refractivity contribution >= 4 is 18.0 Å². The zero-order valence-electron chi connectivity index (χ0n) is 19.5. The second-order valence-corrected chi connectivity index (χ2v) is 9.41. The summed E-state index contributed by atoms with van der Waals surface area (Å²) in [6.45, 7) is 2.27. The first kappa shape index (κ1) is 23.8. The molecule has 0 heterocycles. The Morgan fingerprint density at radius 2 is 1.68 bits per heavy atom. The largest absolute Gasteiger partial charge is 0.481 e. The number of benzene rings is 2. The Balaban J connectivity index is 1.34. The van der Waals surface area contributed by atoms with E-state index in [0.717, 1.165) is 24.0 Å². The first-order valence-corrected chi connectivity index (χ1v) is 12.0. The zero-order valence-corrected chi connectivity index (χ0v) is 19.5. The molecule has 1 saturated carbocycles. The molecule has 3 N–H and O–H groups in total. The molecule has 4 rings (SSSR count). The maximum atomic E-state index is 12.7. The van der Waals surface area contributed by atoms with E-state index in [4.69, 9.17) is 9.84 Å². The Kier molecular flexibility index (Phi) is 7.20. The van der Waals surface area contributed by atoms with Gasteiger partial charge in [-0.25, -0.2) is 4.79 Å². The topological polar surface area (TPSA) is 105 Å². The summed E-state index contributed by atoms with van der Waals surface area (Å²) >= 11 is 0. The predicted molar refractivity (Wildman–Crippen MR) is 128 cm³/mol. The molecule has 0 bridgehead atoms. The average molecular weight is 465 g/mol. The highest BCUT2D eigenvalue weighted by molar-refractivity contribution is 5.81. The van der Waals surface area contributed by atoms with Crippen LogP contribution in [0.2, 0.25) is 0 Å². The first-order chi connectivity index (χ1) is 16.4. The lowest BCUT2D eigenvalue weighted by Gasteiger charge is -2.21. The lowest BCUT2D eigenvalue weighted by atomic mass is 9.98. The molecular weight excluding hydrogens is 432 g/mol. The van der Waals surface area contributed by atoms with Crippen LogP contribution in [0.3, 0.4) is 0 Å². The van der Waals surface area contributed by atoms with Crippen molar-refractivity contribution in [1.82, 2.24) is 10.6 Å². The average Bonchev–Trinajstić information content (AvgIpc) is 3.47. The number of carboxylic acids is 1. The standard InChI is InChI=1S/C27H32N2O5/c1-2-3-8-18(15-24(30)29-27(13-14-27)16-25(31)32)28-26(33)34-17-23-21-11-6-4-9-19(21)20-10-5-7-12-22(20)23/h4-7,9-12,18,23H,2-3,8,13-17H2,1H3,(H,28,33)(H,29,30)(H,31,32). The number of carbonyl (C=O) groups is 3. The van der Waals surface area contributed by atoms with Crippen molar-refractivity contribution in [3.63, 3.8) is 0 Å². The minimum atomic E-state index is -0.919. The third-order valence-corrected chi connectivity index (χ3v) is 6.75. The summed E-state index contributed by atoms with van der Waals surface area (Å²) in [6, 6.07) is 16.0. The number of unbranched alkanes of at least 4 members (excludes halogenated alkanes) is 1. The third kappa shape index (κ3) is 5.58. The molecule has 34 heavy (non-hydrogen) atoms. The van der Waals surface area contributed by atoms with Crippen LogP contribution in [-0.4, -0.2) is 41.3 Å². The van der Waals surface area contributed by atoms with Crippen molar-refractivity contribution in [3.05, 3.63) is 59.7 Å². The summed E-state index contributed by atoms with van der Waals surface area (Å²) in [6.07, 6.45) is 3.29. The molecule has 2 aliphatic rings. The molecule has 1 fully saturated rings. The Morgan fingerprint density at radius 1 is 1.06 bits per heavy atom. The Labute approximate surface area is 199 Å². The van der Waals surface area contributed by atoms with Crippen LogP contribution in [0.25, 0.3) is 11.1 Å².